The number of benzene rings is 3. The maximum Gasteiger partial charge on any atom is 0.195 e. The predicted octanol–water partition coefficient (Wildman–Crippen LogP) is 6.24. The second-order valence-electron chi connectivity index (χ2n) is 7.86. The number of methoxy groups -OCH3 is 1. The van der Waals surface area contributed by atoms with Gasteiger partial charge in [-0.2, -0.15) is 0 Å². The third kappa shape index (κ3) is 4.08. The molecule has 1 aliphatic carbocycles. The van der Waals surface area contributed by atoms with Crippen LogP contribution in [0.5, 0.6) is 11.5 Å². The number of nitrogens with zero attached hydrogens (tertiary/aromatic N) is 1. The highest BCUT2D eigenvalue weighted by molar-refractivity contribution is 7.09. The fourth-order valence-electron chi connectivity index (χ4n) is 4.16. The fraction of sp³-hybridized carbons (Fsp3) is 0.143. The molecule has 33 heavy (non-hydrogen) atoms. The van der Waals surface area contributed by atoms with Gasteiger partial charge in [0.15, 0.2) is 5.78 Å². The quantitative estimate of drug-likeness (QED) is 0.332. The summed E-state index contributed by atoms with van der Waals surface area (Å²) in [5.74, 6) is 1.44. The zero-order chi connectivity index (χ0) is 22.8. The van der Waals surface area contributed by atoms with Crippen molar-refractivity contribution < 1.29 is 14.3 Å². The van der Waals surface area contributed by atoms with Gasteiger partial charge in [0, 0.05) is 28.0 Å². The van der Waals surface area contributed by atoms with Gasteiger partial charge < -0.3 is 9.47 Å². The number of fused-ring (bicyclic) bond motifs is 1. The van der Waals surface area contributed by atoms with Crippen LogP contribution in [0.2, 0.25) is 0 Å². The fourth-order valence-corrected chi connectivity index (χ4v) is 4.74. The Balaban J connectivity index is 1.49. The molecule has 4 nitrogen and oxygen atoms in total. The SMILES string of the molecule is COc1ccc(C2=C(c3ncsc3C)c3ccc(OCCc4ccccc4)cc3C2=O)cc1. The van der Waals surface area contributed by atoms with Crippen LogP contribution in [0.25, 0.3) is 11.1 Å². The number of carbonyl (C=O) groups is 1. The molecular weight excluding hydrogens is 430 g/mol. The lowest BCUT2D eigenvalue weighted by atomic mass is 9.97. The van der Waals surface area contributed by atoms with Crippen molar-refractivity contribution in [2.45, 2.75) is 13.3 Å². The van der Waals surface area contributed by atoms with Crippen LogP contribution in [0.3, 0.4) is 0 Å². The summed E-state index contributed by atoms with van der Waals surface area (Å²) in [6, 6.07) is 23.6. The van der Waals surface area contributed by atoms with Crippen LogP contribution in [-0.4, -0.2) is 24.5 Å². The lowest BCUT2D eigenvalue weighted by molar-refractivity contribution is 0.105. The monoisotopic (exact) mass is 453 g/mol. The predicted molar refractivity (Wildman–Crippen MR) is 132 cm³/mol. The Bertz CT molecular complexity index is 1340. The third-order valence-electron chi connectivity index (χ3n) is 5.84. The van der Waals surface area contributed by atoms with E-state index < -0.39 is 0 Å². The van der Waals surface area contributed by atoms with Crippen molar-refractivity contribution >= 4 is 28.3 Å². The van der Waals surface area contributed by atoms with Gasteiger partial charge in [-0.3, -0.25) is 4.79 Å². The van der Waals surface area contributed by atoms with Crippen LogP contribution in [0.4, 0.5) is 0 Å². The molecule has 0 N–H and O–H groups in total. The zero-order valence-corrected chi connectivity index (χ0v) is 19.3. The molecule has 1 heterocycles. The van der Waals surface area contributed by atoms with Crippen molar-refractivity contribution in [2.75, 3.05) is 13.7 Å². The Labute approximate surface area is 197 Å². The molecule has 3 aromatic carbocycles. The Morgan fingerprint density at radius 1 is 0.879 bits per heavy atom. The first-order valence-electron chi connectivity index (χ1n) is 10.8. The van der Waals surface area contributed by atoms with Crippen LogP contribution in [-0.2, 0) is 6.42 Å². The van der Waals surface area contributed by atoms with Crippen molar-refractivity contribution in [3.05, 3.63) is 111 Å². The topological polar surface area (TPSA) is 48.4 Å². The van der Waals surface area contributed by atoms with Crippen LogP contribution in [0, 0.1) is 6.92 Å². The molecule has 164 valence electrons. The Morgan fingerprint density at radius 2 is 1.64 bits per heavy atom. The molecule has 4 aromatic rings. The van der Waals surface area contributed by atoms with Crippen LogP contribution >= 0.6 is 11.3 Å². The normalized spacial score (nSPS) is 12.7. The molecule has 0 amide bonds. The first-order chi connectivity index (χ1) is 16.2. The summed E-state index contributed by atoms with van der Waals surface area (Å²) in [5, 5.41) is 0. The van der Waals surface area contributed by atoms with E-state index in [1.807, 2.05) is 73.1 Å². The van der Waals surface area contributed by atoms with Crippen LogP contribution in [0.15, 0.2) is 78.3 Å². The highest BCUT2D eigenvalue weighted by atomic mass is 32.1. The average Bonchev–Trinajstić information content (AvgIpc) is 3.40. The van der Waals surface area contributed by atoms with E-state index in [1.54, 1.807) is 18.4 Å². The molecule has 1 aromatic heterocycles. The summed E-state index contributed by atoms with van der Waals surface area (Å²) >= 11 is 1.58. The molecular formula is C28H23NO3S. The number of carbonyl (C=O) groups excluding carboxylic acids is 1. The molecule has 0 unspecified atom stereocenters. The van der Waals surface area contributed by atoms with E-state index in [1.165, 1.54) is 5.56 Å². The number of aryl methyl sites for hydroxylation is 1. The maximum absolute atomic E-state index is 13.6. The van der Waals surface area contributed by atoms with Gasteiger partial charge >= 0.3 is 0 Å². The molecule has 0 aliphatic heterocycles. The largest absolute Gasteiger partial charge is 0.497 e. The Hall–Kier alpha value is -3.70. The summed E-state index contributed by atoms with van der Waals surface area (Å²) in [6.45, 7) is 2.59. The minimum Gasteiger partial charge on any atom is -0.497 e. The summed E-state index contributed by atoms with van der Waals surface area (Å²) < 4.78 is 11.3. The van der Waals surface area contributed by atoms with E-state index in [-0.39, 0.29) is 5.78 Å². The van der Waals surface area contributed by atoms with Gasteiger partial charge in [-0.1, -0.05) is 42.5 Å². The van der Waals surface area contributed by atoms with E-state index in [0.717, 1.165) is 39.4 Å². The van der Waals surface area contributed by atoms with Gasteiger partial charge in [0.25, 0.3) is 0 Å². The van der Waals surface area contributed by atoms with Crippen LogP contribution < -0.4 is 9.47 Å². The minimum atomic E-state index is -0.00826. The number of rotatable bonds is 7. The van der Waals surface area contributed by atoms with Gasteiger partial charge in [0.1, 0.15) is 11.5 Å². The molecule has 5 heteroatoms. The molecule has 5 rings (SSSR count). The number of thiazole rings is 1. The number of ether oxygens (including phenoxy) is 2. The summed E-state index contributed by atoms with van der Waals surface area (Å²) in [5.41, 5.74) is 7.86. The van der Waals surface area contributed by atoms with E-state index in [0.29, 0.717) is 23.5 Å². The lowest BCUT2D eigenvalue weighted by Crippen LogP contribution is -2.03. The highest BCUT2D eigenvalue weighted by Gasteiger charge is 2.33. The number of Topliss-reactive ketones (excluding diaryl/α,β-unsaturated/α-hetero) is 1. The van der Waals surface area contributed by atoms with Crippen molar-refractivity contribution in [3.63, 3.8) is 0 Å². The summed E-state index contributed by atoms with van der Waals surface area (Å²) in [4.78, 5) is 19.3. The standard InChI is InChI=1S/C28H23NO3S/c1-18-27(29-17-33-18)26-23-13-12-22(32-15-14-19-6-4-3-5-7-19)16-24(23)28(30)25(26)20-8-10-21(31-2)11-9-20/h3-13,16-17H,14-15H2,1-2H3. The number of hydrogen-bond acceptors (Lipinski definition) is 5. The van der Waals surface area contributed by atoms with Crippen LogP contribution in [0.1, 0.15) is 37.6 Å². The van der Waals surface area contributed by atoms with E-state index in [2.05, 4.69) is 17.1 Å². The van der Waals surface area contributed by atoms with Gasteiger partial charge in [-0.25, -0.2) is 4.98 Å². The summed E-state index contributed by atoms with van der Waals surface area (Å²) in [6.07, 6.45) is 0.810. The number of aromatic nitrogens is 1. The second kappa shape index (κ2) is 9.04. The molecule has 0 spiro atoms. The molecule has 0 saturated carbocycles. The lowest BCUT2D eigenvalue weighted by Gasteiger charge is -2.09. The van der Waals surface area contributed by atoms with Crippen molar-refractivity contribution in [3.8, 4) is 11.5 Å². The second-order valence-corrected chi connectivity index (χ2v) is 8.92. The molecule has 0 fully saturated rings. The molecule has 0 saturated heterocycles. The van der Waals surface area contributed by atoms with E-state index in [9.17, 15) is 4.79 Å². The zero-order valence-electron chi connectivity index (χ0n) is 18.5. The first-order valence-corrected chi connectivity index (χ1v) is 11.7. The molecule has 0 radical (unpaired) electrons. The van der Waals surface area contributed by atoms with Gasteiger partial charge in [0.2, 0.25) is 0 Å². The van der Waals surface area contributed by atoms with E-state index >= 15 is 0 Å². The van der Waals surface area contributed by atoms with Gasteiger partial charge in [0.05, 0.1) is 24.9 Å². The molecule has 0 bridgehead atoms. The molecule has 1 aliphatic rings. The highest BCUT2D eigenvalue weighted by Crippen LogP contribution is 2.44. The van der Waals surface area contributed by atoms with Crippen molar-refractivity contribution in [1.29, 1.82) is 0 Å². The maximum atomic E-state index is 13.6. The third-order valence-corrected chi connectivity index (χ3v) is 6.60. The smallest absolute Gasteiger partial charge is 0.195 e. The first kappa shape index (κ1) is 21.2. The number of ketones is 1. The van der Waals surface area contributed by atoms with Gasteiger partial charge in [-0.15, -0.1) is 11.3 Å². The average molecular weight is 454 g/mol. The van der Waals surface area contributed by atoms with Crippen molar-refractivity contribution in [1.82, 2.24) is 4.98 Å². The van der Waals surface area contributed by atoms with Gasteiger partial charge in [-0.05, 0) is 53.9 Å². The van der Waals surface area contributed by atoms with Crippen molar-refractivity contribution in [2.24, 2.45) is 0 Å². The molecule has 0 atom stereocenters. The Morgan fingerprint density at radius 3 is 2.33 bits per heavy atom. The minimum absolute atomic E-state index is 0.00826. The van der Waals surface area contributed by atoms with E-state index in [4.69, 9.17) is 9.47 Å². The Kier molecular flexibility index (Phi) is 5.80. The number of allylic oxidation sites excluding steroid dienone is 1. The summed E-state index contributed by atoms with van der Waals surface area (Å²) in [7, 11) is 1.63. The number of hydrogen-bond donors (Lipinski definition) is 0.